The van der Waals surface area contributed by atoms with Gasteiger partial charge in [0.15, 0.2) is 0 Å². The summed E-state index contributed by atoms with van der Waals surface area (Å²) in [5.74, 6) is 0.783. The quantitative estimate of drug-likeness (QED) is 0.530. The van der Waals surface area contributed by atoms with Crippen LogP contribution in [0.25, 0.3) is 10.1 Å². The largest absolute Gasteiger partial charge is 0.354 e. The van der Waals surface area contributed by atoms with E-state index in [1.165, 1.54) is 11.6 Å². The predicted molar refractivity (Wildman–Crippen MR) is 118 cm³/mol. The van der Waals surface area contributed by atoms with Crippen molar-refractivity contribution in [2.24, 2.45) is 5.73 Å². The van der Waals surface area contributed by atoms with Gasteiger partial charge in [0, 0.05) is 42.5 Å². The first-order chi connectivity index (χ1) is 14.0. The van der Waals surface area contributed by atoms with Gasteiger partial charge < -0.3 is 16.0 Å². The van der Waals surface area contributed by atoms with Crippen LogP contribution in [0, 0.1) is 0 Å². The van der Waals surface area contributed by atoms with Gasteiger partial charge in [-0.1, -0.05) is 30.3 Å². The van der Waals surface area contributed by atoms with Crippen molar-refractivity contribution < 1.29 is 13.0 Å². The number of nitrogens with two attached hydrogens (primary N) is 1. The van der Waals surface area contributed by atoms with Crippen molar-refractivity contribution in [1.29, 1.82) is 0 Å². The first-order valence-corrected chi connectivity index (χ1v) is 11.8. The highest BCUT2D eigenvalue weighted by Gasteiger charge is 2.19. The fourth-order valence-electron chi connectivity index (χ4n) is 3.13. The number of thiophene rings is 1. The molecule has 0 unspecified atom stereocenters. The summed E-state index contributed by atoms with van der Waals surface area (Å²) in [7, 11) is -4.15. The van der Waals surface area contributed by atoms with Gasteiger partial charge in [-0.15, -0.1) is 11.3 Å². The van der Waals surface area contributed by atoms with Gasteiger partial charge in [-0.25, -0.2) is 4.98 Å². The highest BCUT2D eigenvalue weighted by atomic mass is 32.3. The second kappa shape index (κ2) is 10.1. The summed E-state index contributed by atoms with van der Waals surface area (Å²) >= 11 is 1.06. The number of rotatable bonds is 5. The fourth-order valence-corrected chi connectivity index (χ4v) is 4.87. The number of anilines is 1. The van der Waals surface area contributed by atoms with E-state index in [-0.39, 0.29) is 4.21 Å². The lowest BCUT2D eigenvalue weighted by Crippen LogP contribution is -2.43. The molecule has 4 N–H and O–H groups in total. The summed E-state index contributed by atoms with van der Waals surface area (Å²) in [6, 6.07) is 13.7. The van der Waals surface area contributed by atoms with Crippen LogP contribution in [-0.2, 0) is 16.5 Å². The lowest BCUT2D eigenvalue weighted by atomic mass is 10.1. The minimum absolute atomic E-state index is 0.0353. The van der Waals surface area contributed by atoms with Gasteiger partial charge in [-0.2, -0.15) is 8.42 Å². The molecule has 0 spiro atoms. The minimum atomic E-state index is -4.15. The highest BCUT2D eigenvalue weighted by molar-refractivity contribution is 7.88. The number of aromatic nitrogens is 1. The van der Waals surface area contributed by atoms with Crippen molar-refractivity contribution in [3.63, 3.8) is 0 Å². The van der Waals surface area contributed by atoms with Gasteiger partial charge in [0.25, 0.3) is 0 Å². The predicted octanol–water partition coefficient (Wildman–Crippen LogP) is 2.53. The molecule has 0 aliphatic carbocycles. The second-order valence-electron chi connectivity index (χ2n) is 6.70. The average molecular weight is 435 g/mol. The molecule has 1 aliphatic heterocycles. The third-order valence-corrected chi connectivity index (χ3v) is 6.99. The van der Waals surface area contributed by atoms with E-state index in [1.807, 2.05) is 6.07 Å². The SMILES string of the molecule is NCCCc1ccccc1.O=S(=O)(O)c1cc2c(N3CCNCC3)nccc2s1. The van der Waals surface area contributed by atoms with E-state index in [2.05, 4.69) is 39.5 Å². The monoisotopic (exact) mass is 434 g/mol. The molecule has 0 saturated carbocycles. The van der Waals surface area contributed by atoms with E-state index in [0.717, 1.165) is 72.8 Å². The molecular formula is C20H26N4O3S2. The van der Waals surface area contributed by atoms with E-state index >= 15 is 0 Å². The fraction of sp³-hybridized carbons (Fsp3) is 0.350. The summed E-state index contributed by atoms with van der Waals surface area (Å²) in [5.41, 5.74) is 6.76. The van der Waals surface area contributed by atoms with Crippen molar-refractivity contribution in [3.8, 4) is 0 Å². The molecule has 3 aromatic rings. The molecule has 2 aromatic heterocycles. The van der Waals surface area contributed by atoms with Crippen molar-refractivity contribution in [3.05, 3.63) is 54.2 Å². The summed E-state index contributed by atoms with van der Waals surface area (Å²) in [6.07, 6.45) is 3.87. The maximum absolute atomic E-state index is 11.2. The minimum Gasteiger partial charge on any atom is -0.354 e. The van der Waals surface area contributed by atoms with Gasteiger partial charge in [0.05, 0.1) is 0 Å². The molecule has 156 valence electrons. The maximum Gasteiger partial charge on any atom is 0.304 e. The van der Waals surface area contributed by atoms with Crippen LogP contribution in [0.15, 0.2) is 52.9 Å². The van der Waals surface area contributed by atoms with Crippen LogP contribution in [0.3, 0.4) is 0 Å². The number of pyridine rings is 1. The number of piperazine rings is 1. The summed E-state index contributed by atoms with van der Waals surface area (Å²) in [5, 5.41) is 4.04. The zero-order valence-electron chi connectivity index (χ0n) is 16.1. The Balaban J connectivity index is 0.000000204. The van der Waals surface area contributed by atoms with E-state index in [1.54, 1.807) is 12.3 Å². The van der Waals surface area contributed by atoms with Crippen molar-refractivity contribution >= 4 is 37.4 Å². The molecule has 0 amide bonds. The van der Waals surface area contributed by atoms with Crippen LogP contribution in [0.1, 0.15) is 12.0 Å². The van der Waals surface area contributed by atoms with Gasteiger partial charge >= 0.3 is 10.1 Å². The zero-order chi connectivity index (χ0) is 20.7. The topological polar surface area (TPSA) is 109 Å². The van der Waals surface area contributed by atoms with Crippen LogP contribution >= 0.6 is 11.3 Å². The van der Waals surface area contributed by atoms with Crippen molar-refractivity contribution in [2.45, 2.75) is 17.1 Å². The van der Waals surface area contributed by atoms with Gasteiger partial charge in [0.1, 0.15) is 10.0 Å². The van der Waals surface area contributed by atoms with Gasteiger partial charge in [0.2, 0.25) is 0 Å². The Morgan fingerprint density at radius 1 is 1.17 bits per heavy atom. The Kier molecular flexibility index (Phi) is 7.57. The van der Waals surface area contributed by atoms with E-state index in [9.17, 15) is 8.42 Å². The summed E-state index contributed by atoms with van der Waals surface area (Å²) in [6.45, 7) is 4.22. The molecule has 3 heterocycles. The van der Waals surface area contributed by atoms with Crippen molar-refractivity contribution in [1.82, 2.24) is 10.3 Å². The van der Waals surface area contributed by atoms with E-state index < -0.39 is 10.1 Å². The average Bonchev–Trinajstić information content (AvgIpc) is 3.19. The van der Waals surface area contributed by atoms with E-state index in [0.29, 0.717) is 0 Å². The molecule has 1 aromatic carbocycles. The number of aryl methyl sites for hydroxylation is 1. The first-order valence-electron chi connectivity index (χ1n) is 9.55. The summed E-state index contributed by atoms with van der Waals surface area (Å²) < 4.78 is 32.3. The smallest absolute Gasteiger partial charge is 0.304 e. The molecule has 0 radical (unpaired) electrons. The highest BCUT2D eigenvalue weighted by Crippen LogP contribution is 2.34. The molecule has 4 rings (SSSR count). The number of nitrogens with zero attached hydrogens (tertiary/aromatic N) is 2. The Labute approximate surface area is 175 Å². The molecule has 1 aliphatic rings. The first kappa shape index (κ1) is 21.7. The molecule has 0 atom stereocenters. The van der Waals surface area contributed by atoms with E-state index in [4.69, 9.17) is 10.3 Å². The normalized spacial score (nSPS) is 14.5. The van der Waals surface area contributed by atoms with Crippen LogP contribution < -0.4 is 16.0 Å². The Hall–Kier alpha value is -2.04. The standard InChI is InChI=1S/C11H13N3O3S2.C9H13N/c15-19(16,17)10-7-8-9(18-10)1-2-13-11(8)14-5-3-12-4-6-14;10-8-4-7-9-5-2-1-3-6-9/h1-2,7,12H,3-6H2,(H,15,16,17);1-3,5-6H,4,7-8,10H2. The number of nitrogens with one attached hydrogen (secondary N) is 1. The summed E-state index contributed by atoms with van der Waals surface area (Å²) in [4.78, 5) is 6.48. The molecule has 7 nitrogen and oxygen atoms in total. The lowest BCUT2D eigenvalue weighted by molar-refractivity contribution is 0.485. The van der Waals surface area contributed by atoms with Crippen molar-refractivity contribution in [2.75, 3.05) is 37.6 Å². The van der Waals surface area contributed by atoms with Crippen LogP contribution in [0.4, 0.5) is 5.82 Å². The third-order valence-electron chi connectivity index (χ3n) is 4.58. The van der Waals surface area contributed by atoms with Gasteiger partial charge in [-0.3, -0.25) is 4.55 Å². The zero-order valence-corrected chi connectivity index (χ0v) is 17.8. The number of hydrogen-bond acceptors (Lipinski definition) is 7. The maximum atomic E-state index is 11.2. The molecule has 1 fully saturated rings. The third kappa shape index (κ3) is 5.97. The molecule has 9 heteroatoms. The lowest BCUT2D eigenvalue weighted by Gasteiger charge is -2.28. The Morgan fingerprint density at radius 3 is 2.55 bits per heavy atom. The number of benzene rings is 1. The second-order valence-corrected chi connectivity index (χ2v) is 9.43. The number of fused-ring (bicyclic) bond motifs is 1. The molecule has 29 heavy (non-hydrogen) atoms. The number of hydrogen-bond donors (Lipinski definition) is 3. The molecule has 1 saturated heterocycles. The molecule has 0 bridgehead atoms. The van der Waals surface area contributed by atoms with Crippen LogP contribution in [-0.4, -0.2) is 50.7 Å². The Morgan fingerprint density at radius 2 is 1.90 bits per heavy atom. The van der Waals surface area contributed by atoms with Crippen LogP contribution in [0.5, 0.6) is 0 Å². The van der Waals surface area contributed by atoms with Crippen LogP contribution in [0.2, 0.25) is 0 Å². The van der Waals surface area contributed by atoms with Gasteiger partial charge in [-0.05, 0) is 37.1 Å². The Bertz CT molecular complexity index is 1020. The molecular weight excluding hydrogens is 408 g/mol.